The quantitative estimate of drug-likeness (QED) is 0.562. The van der Waals surface area contributed by atoms with Crippen LogP contribution in [0.4, 0.5) is 0 Å². The van der Waals surface area contributed by atoms with E-state index in [-0.39, 0.29) is 12.1 Å². The van der Waals surface area contributed by atoms with E-state index in [1.54, 1.807) is 7.11 Å². The highest BCUT2D eigenvalue weighted by molar-refractivity contribution is 7.80. The average molecular weight is 433 g/mol. The molecular formula is C25H28N4OS. The fourth-order valence-corrected chi connectivity index (χ4v) is 5.51. The highest BCUT2D eigenvalue weighted by atomic mass is 32.1. The Balaban J connectivity index is 1.62. The van der Waals surface area contributed by atoms with E-state index >= 15 is 0 Å². The molecule has 31 heavy (non-hydrogen) atoms. The van der Waals surface area contributed by atoms with Gasteiger partial charge in [-0.1, -0.05) is 37.5 Å². The van der Waals surface area contributed by atoms with Crippen LogP contribution in [0.2, 0.25) is 0 Å². The maximum atomic E-state index is 5.91. The van der Waals surface area contributed by atoms with Crippen LogP contribution in [0.1, 0.15) is 55.6 Å². The Kier molecular flexibility index (Phi) is 5.64. The summed E-state index contributed by atoms with van der Waals surface area (Å²) in [4.78, 5) is 7.14. The highest BCUT2D eigenvalue weighted by Gasteiger charge is 2.44. The number of benzene rings is 1. The van der Waals surface area contributed by atoms with Gasteiger partial charge in [-0.25, -0.2) is 0 Å². The van der Waals surface area contributed by atoms with E-state index in [0.717, 1.165) is 22.2 Å². The predicted octanol–water partition coefficient (Wildman–Crippen LogP) is 5.19. The van der Waals surface area contributed by atoms with Gasteiger partial charge in [-0.2, -0.15) is 0 Å². The summed E-state index contributed by atoms with van der Waals surface area (Å²) >= 11 is 5.91. The minimum atomic E-state index is -0.000941. The van der Waals surface area contributed by atoms with E-state index in [1.807, 2.05) is 36.5 Å². The molecule has 2 atom stereocenters. The van der Waals surface area contributed by atoms with Gasteiger partial charge < -0.3 is 19.5 Å². The lowest BCUT2D eigenvalue weighted by molar-refractivity contribution is 0.193. The maximum Gasteiger partial charge on any atom is 0.170 e. The molecule has 1 saturated carbocycles. The SMILES string of the molecule is COc1ccccc1-n1cccc1[C@@H]1[C@H](c2ccccn2)NC(=S)N1C1CCCCC1. The summed E-state index contributed by atoms with van der Waals surface area (Å²) in [6.45, 7) is 0. The van der Waals surface area contributed by atoms with Gasteiger partial charge in [0.1, 0.15) is 5.75 Å². The van der Waals surface area contributed by atoms with Crippen LogP contribution in [0, 0.1) is 0 Å². The summed E-state index contributed by atoms with van der Waals surface area (Å²) in [7, 11) is 1.72. The molecule has 1 aromatic carbocycles. The molecule has 6 heteroatoms. The van der Waals surface area contributed by atoms with Crippen molar-refractivity contribution in [3.8, 4) is 11.4 Å². The molecule has 1 aliphatic heterocycles. The number of hydrogen-bond acceptors (Lipinski definition) is 3. The van der Waals surface area contributed by atoms with Crippen molar-refractivity contribution in [3.63, 3.8) is 0 Å². The molecule has 2 fully saturated rings. The monoisotopic (exact) mass is 432 g/mol. The van der Waals surface area contributed by atoms with Crippen molar-refractivity contribution in [1.29, 1.82) is 0 Å². The molecule has 0 unspecified atom stereocenters. The van der Waals surface area contributed by atoms with E-state index in [0.29, 0.717) is 6.04 Å². The van der Waals surface area contributed by atoms with Gasteiger partial charge in [-0.15, -0.1) is 0 Å². The van der Waals surface area contributed by atoms with Gasteiger partial charge in [0.15, 0.2) is 5.11 Å². The van der Waals surface area contributed by atoms with Crippen LogP contribution in [0.25, 0.3) is 5.69 Å². The van der Waals surface area contributed by atoms with E-state index in [4.69, 9.17) is 17.0 Å². The number of hydrogen-bond donors (Lipinski definition) is 1. The lowest BCUT2D eigenvalue weighted by atomic mass is 9.92. The van der Waals surface area contributed by atoms with Crippen LogP contribution < -0.4 is 10.1 Å². The van der Waals surface area contributed by atoms with E-state index in [1.165, 1.54) is 37.8 Å². The molecule has 0 bridgehead atoms. The van der Waals surface area contributed by atoms with Crippen LogP contribution in [0.5, 0.6) is 5.75 Å². The molecule has 3 heterocycles. The van der Waals surface area contributed by atoms with Crippen LogP contribution in [0.15, 0.2) is 67.0 Å². The number of pyridine rings is 1. The number of ether oxygens (including phenoxy) is 1. The normalized spacial score (nSPS) is 21.8. The fraction of sp³-hybridized carbons (Fsp3) is 0.360. The molecule has 2 aromatic heterocycles. The van der Waals surface area contributed by atoms with Crippen molar-refractivity contribution in [1.82, 2.24) is 19.8 Å². The molecule has 0 radical (unpaired) electrons. The highest BCUT2D eigenvalue weighted by Crippen LogP contribution is 2.43. The van der Waals surface area contributed by atoms with Crippen LogP contribution in [-0.2, 0) is 0 Å². The average Bonchev–Trinajstić information content (AvgIpc) is 3.44. The van der Waals surface area contributed by atoms with Gasteiger partial charge in [-0.05, 0) is 61.5 Å². The van der Waals surface area contributed by atoms with E-state index in [2.05, 4.69) is 50.2 Å². The first-order chi connectivity index (χ1) is 15.3. The molecule has 1 aliphatic carbocycles. The lowest BCUT2D eigenvalue weighted by Crippen LogP contribution is -2.40. The van der Waals surface area contributed by atoms with Crippen LogP contribution in [0.3, 0.4) is 0 Å². The maximum absolute atomic E-state index is 5.91. The number of nitrogens with one attached hydrogen (secondary N) is 1. The summed E-state index contributed by atoms with van der Waals surface area (Å²) in [5, 5.41) is 4.45. The molecule has 1 saturated heterocycles. The van der Waals surface area contributed by atoms with Gasteiger partial charge in [0.2, 0.25) is 0 Å². The predicted molar refractivity (Wildman–Crippen MR) is 126 cm³/mol. The van der Waals surface area contributed by atoms with Crippen molar-refractivity contribution in [2.45, 2.75) is 50.2 Å². The van der Waals surface area contributed by atoms with Gasteiger partial charge >= 0.3 is 0 Å². The minimum absolute atomic E-state index is 0.000941. The Labute approximate surface area is 189 Å². The third kappa shape index (κ3) is 3.69. The lowest BCUT2D eigenvalue weighted by Gasteiger charge is -2.37. The summed E-state index contributed by atoms with van der Waals surface area (Å²) < 4.78 is 7.92. The van der Waals surface area contributed by atoms with E-state index in [9.17, 15) is 0 Å². The van der Waals surface area contributed by atoms with Gasteiger partial charge in [0, 0.05) is 24.1 Å². The van der Waals surface area contributed by atoms with Gasteiger partial charge in [-0.3, -0.25) is 4.98 Å². The third-order valence-electron chi connectivity index (χ3n) is 6.53. The zero-order valence-corrected chi connectivity index (χ0v) is 18.6. The largest absolute Gasteiger partial charge is 0.495 e. The van der Waals surface area contributed by atoms with Crippen molar-refractivity contribution >= 4 is 17.3 Å². The topological polar surface area (TPSA) is 42.3 Å². The summed E-state index contributed by atoms with van der Waals surface area (Å²) in [5.74, 6) is 0.854. The van der Waals surface area contributed by atoms with Gasteiger partial charge in [0.05, 0.1) is 30.6 Å². The van der Waals surface area contributed by atoms with Gasteiger partial charge in [0.25, 0.3) is 0 Å². The molecule has 3 aromatic rings. The second-order valence-electron chi connectivity index (χ2n) is 8.30. The molecule has 5 rings (SSSR count). The van der Waals surface area contributed by atoms with Crippen molar-refractivity contribution in [2.24, 2.45) is 0 Å². The molecule has 5 nitrogen and oxygen atoms in total. The standard InChI is InChI=1S/C25H28N4OS/c1-30-22-15-6-5-13-20(22)28-17-9-14-21(28)24-23(19-12-7-8-16-26-19)27-25(31)29(24)18-10-3-2-4-11-18/h5-9,12-18,23-24H,2-4,10-11H2,1H3,(H,27,31)/t23-,24+/m0/s1. The zero-order chi connectivity index (χ0) is 21.2. The first-order valence-corrected chi connectivity index (χ1v) is 11.5. The fourth-order valence-electron chi connectivity index (χ4n) is 5.12. The Morgan fingerprint density at radius 3 is 2.58 bits per heavy atom. The van der Waals surface area contributed by atoms with Crippen LogP contribution in [-0.4, -0.2) is 32.7 Å². The Morgan fingerprint density at radius 1 is 1.00 bits per heavy atom. The van der Waals surface area contributed by atoms with E-state index < -0.39 is 0 Å². The minimum Gasteiger partial charge on any atom is -0.495 e. The third-order valence-corrected chi connectivity index (χ3v) is 6.86. The summed E-state index contributed by atoms with van der Waals surface area (Å²) in [5.41, 5.74) is 3.24. The van der Waals surface area contributed by atoms with Crippen molar-refractivity contribution < 1.29 is 4.74 Å². The molecular weight excluding hydrogens is 404 g/mol. The molecule has 0 spiro atoms. The van der Waals surface area contributed by atoms with Crippen molar-refractivity contribution in [2.75, 3.05) is 7.11 Å². The Morgan fingerprint density at radius 2 is 1.81 bits per heavy atom. The molecule has 0 amide bonds. The second-order valence-corrected chi connectivity index (χ2v) is 8.69. The summed E-state index contributed by atoms with van der Waals surface area (Å²) in [6, 6.07) is 19.1. The summed E-state index contributed by atoms with van der Waals surface area (Å²) in [6.07, 6.45) is 10.2. The number of methoxy groups -OCH3 is 1. The number of thiocarbonyl (C=S) groups is 1. The molecule has 1 N–H and O–H groups in total. The molecule has 160 valence electrons. The smallest absolute Gasteiger partial charge is 0.170 e. The second kappa shape index (κ2) is 8.71. The Bertz CT molecular complexity index is 1040. The zero-order valence-electron chi connectivity index (χ0n) is 17.8. The number of para-hydroxylation sites is 2. The molecule has 2 aliphatic rings. The van der Waals surface area contributed by atoms with Crippen molar-refractivity contribution in [3.05, 3.63) is 78.4 Å². The number of rotatable bonds is 5. The first kappa shape index (κ1) is 20.1. The number of aromatic nitrogens is 2. The Hall–Kier alpha value is -2.86. The number of nitrogens with zero attached hydrogens (tertiary/aromatic N) is 3. The van der Waals surface area contributed by atoms with Crippen LogP contribution >= 0.6 is 12.2 Å². The first-order valence-electron chi connectivity index (χ1n) is 11.1.